The minimum Gasteiger partial charge on any atom is -0.481 e. The SMILES string of the molecule is Cc1cccc(CN(CCC(=O)O)C(C)C)c1C. The molecule has 0 aromatic heterocycles. The number of benzene rings is 1. The first-order valence-electron chi connectivity index (χ1n) is 6.42. The lowest BCUT2D eigenvalue weighted by Crippen LogP contribution is -2.32. The van der Waals surface area contributed by atoms with Gasteiger partial charge in [-0.15, -0.1) is 0 Å². The Morgan fingerprint density at radius 3 is 2.56 bits per heavy atom. The third-order valence-corrected chi connectivity index (χ3v) is 3.43. The molecule has 1 aromatic carbocycles. The molecule has 3 nitrogen and oxygen atoms in total. The third kappa shape index (κ3) is 4.15. The molecule has 3 heteroatoms. The van der Waals surface area contributed by atoms with Crippen molar-refractivity contribution < 1.29 is 9.90 Å². The molecule has 0 bridgehead atoms. The second-order valence-electron chi connectivity index (χ2n) is 5.07. The van der Waals surface area contributed by atoms with Gasteiger partial charge >= 0.3 is 5.97 Å². The second-order valence-corrected chi connectivity index (χ2v) is 5.07. The molecule has 0 atom stereocenters. The molecule has 0 unspecified atom stereocenters. The van der Waals surface area contributed by atoms with E-state index in [1.807, 2.05) is 0 Å². The van der Waals surface area contributed by atoms with E-state index >= 15 is 0 Å². The smallest absolute Gasteiger partial charge is 0.304 e. The summed E-state index contributed by atoms with van der Waals surface area (Å²) in [5.41, 5.74) is 3.88. The topological polar surface area (TPSA) is 40.5 Å². The van der Waals surface area contributed by atoms with Crippen LogP contribution in [0, 0.1) is 13.8 Å². The zero-order valence-corrected chi connectivity index (χ0v) is 11.7. The molecule has 0 heterocycles. The quantitative estimate of drug-likeness (QED) is 0.842. The maximum absolute atomic E-state index is 10.7. The first kappa shape index (κ1) is 14.7. The van der Waals surface area contributed by atoms with Gasteiger partial charge in [0.1, 0.15) is 0 Å². The summed E-state index contributed by atoms with van der Waals surface area (Å²) in [4.78, 5) is 12.9. The molecule has 0 amide bonds. The van der Waals surface area contributed by atoms with Gasteiger partial charge in [0.05, 0.1) is 6.42 Å². The van der Waals surface area contributed by atoms with Crippen LogP contribution < -0.4 is 0 Å². The lowest BCUT2D eigenvalue weighted by molar-refractivity contribution is -0.137. The fourth-order valence-electron chi connectivity index (χ4n) is 1.96. The maximum atomic E-state index is 10.7. The van der Waals surface area contributed by atoms with E-state index in [1.165, 1.54) is 16.7 Å². The van der Waals surface area contributed by atoms with Crippen LogP contribution in [0.15, 0.2) is 18.2 Å². The van der Waals surface area contributed by atoms with Gasteiger partial charge in [-0.3, -0.25) is 9.69 Å². The Morgan fingerprint density at radius 1 is 1.33 bits per heavy atom. The van der Waals surface area contributed by atoms with Crippen molar-refractivity contribution in [3.63, 3.8) is 0 Å². The van der Waals surface area contributed by atoms with E-state index in [0.29, 0.717) is 12.6 Å². The molecular formula is C15H23NO2. The van der Waals surface area contributed by atoms with Crippen molar-refractivity contribution in [2.24, 2.45) is 0 Å². The summed E-state index contributed by atoms with van der Waals surface area (Å²) in [6.07, 6.45) is 0.197. The van der Waals surface area contributed by atoms with Gasteiger partial charge in [0.15, 0.2) is 0 Å². The van der Waals surface area contributed by atoms with Crippen molar-refractivity contribution in [3.8, 4) is 0 Å². The van der Waals surface area contributed by atoms with E-state index in [1.54, 1.807) is 0 Å². The van der Waals surface area contributed by atoms with Gasteiger partial charge < -0.3 is 5.11 Å². The Labute approximate surface area is 109 Å². The maximum Gasteiger partial charge on any atom is 0.304 e. The second kappa shape index (κ2) is 6.55. The lowest BCUT2D eigenvalue weighted by atomic mass is 10.0. The minimum absolute atomic E-state index is 0.197. The Balaban J connectivity index is 2.77. The van der Waals surface area contributed by atoms with Gasteiger partial charge in [-0.1, -0.05) is 18.2 Å². The number of carbonyl (C=O) groups is 1. The molecule has 0 aliphatic rings. The van der Waals surface area contributed by atoms with E-state index in [4.69, 9.17) is 5.11 Å². The fraction of sp³-hybridized carbons (Fsp3) is 0.533. The van der Waals surface area contributed by atoms with E-state index < -0.39 is 5.97 Å². The summed E-state index contributed by atoms with van der Waals surface area (Å²) < 4.78 is 0. The summed E-state index contributed by atoms with van der Waals surface area (Å²) in [5, 5.41) is 8.78. The van der Waals surface area contributed by atoms with Crippen LogP contribution in [0.4, 0.5) is 0 Å². The predicted octanol–water partition coefficient (Wildman–Crippen LogP) is 2.99. The third-order valence-electron chi connectivity index (χ3n) is 3.43. The van der Waals surface area contributed by atoms with Gasteiger partial charge in [-0.05, 0) is 44.4 Å². The molecule has 0 aliphatic carbocycles. The van der Waals surface area contributed by atoms with Gasteiger partial charge in [0.25, 0.3) is 0 Å². The summed E-state index contributed by atoms with van der Waals surface area (Å²) >= 11 is 0. The fourth-order valence-corrected chi connectivity index (χ4v) is 1.96. The van der Waals surface area contributed by atoms with Gasteiger partial charge in [0, 0.05) is 19.1 Å². The van der Waals surface area contributed by atoms with Crippen LogP contribution in [0.2, 0.25) is 0 Å². The predicted molar refractivity (Wildman–Crippen MR) is 73.7 cm³/mol. The Bertz CT molecular complexity index is 413. The van der Waals surface area contributed by atoms with Crippen molar-refractivity contribution in [2.45, 2.75) is 46.7 Å². The van der Waals surface area contributed by atoms with Gasteiger partial charge in [-0.2, -0.15) is 0 Å². The van der Waals surface area contributed by atoms with Crippen LogP contribution in [0.25, 0.3) is 0 Å². The van der Waals surface area contributed by atoms with Crippen LogP contribution >= 0.6 is 0 Å². The first-order valence-corrected chi connectivity index (χ1v) is 6.42. The Hall–Kier alpha value is -1.35. The highest BCUT2D eigenvalue weighted by Crippen LogP contribution is 2.16. The van der Waals surface area contributed by atoms with Crippen molar-refractivity contribution >= 4 is 5.97 Å². The number of hydrogen-bond donors (Lipinski definition) is 1. The summed E-state index contributed by atoms with van der Waals surface area (Å²) in [7, 11) is 0. The highest BCUT2D eigenvalue weighted by atomic mass is 16.4. The van der Waals surface area contributed by atoms with Crippen molar-refractivity contribution in [1.29, 1.82) is 0 Å². The molecule has 1 rings (SSSR count). The highest BCUT2D eigenvalue weighted by molar-refractivity contribution is 5.66. The van der Waals surface area contributed by atoms with Crippen molar-refractivity contribution in [2.75, 3.05) is 6.54 Å². The average Bonchev–Trinajstić information content (AvgIpc) is 2.29. The number of rotatable bonds is 6. The molecule has 0 saturated carbocycles. The van der Waals surface area contributed by atoms with Crippen molar-refractivity contribution in [3.05, 3.63) is 34.9 Å². The molecule has 0 fully saturated rings. The number of carboxylic acid groups (broad SMARTS) is 1. The molecule has 0 saturated heterocycles. The molecule has 0 spiro atoms. The first-order chi connectivity index (χ1) is 8.41. The van der Waals surface area contributed by atoms with Gasteiger partial charge in [0.2, 0.25) is 0 Å². The number of aryl methyl sites for hydroxylation is 1. The van der Waals surface area contributed by atoms with Crippen molar-refractivity contribution in [1.82, 2.24) is 4.90 Å². The Kier molecular flexibility index (Phi) is 5.35. The number of aliphatic carboxylic acids is 1. The summed E-state index contributed by atoms with van der Waals surface area (Å²) in [6.45, 7) is 9.86. The molecule has 18 heavy (non-hydrogen) atoms. The van der Waals surface area contributed by atoms with E-state index in [9.17, 15) is 4.79 Å². The summed E-state index contributed by atoms with van der Waals surface area (Å²) in [5.74, 6) is -0.735. The zero-order chi connectivity index (χ0) is 13.7. The van der Waals surface area contributed by atoms with Crippen LogP contribution in [0.5, 0.6) is 0 Å². The van der Waals surface area contributed by atoms with Crippen LogP contribution in [0.3, 0.4) is 0 Å². The molecule has 1 N–H and O–H groups in total. The number of hydrogen-bond acceptors (Lipinski definition) is 2. The molecule has 100 valence electrons. The highest BCUT2D eigenvalue weighted by Gasteiger charge is 2.13. The van der Waals surface area contributed by atoms with Crippen LogP contribution in [-0.4, -0.2) is 28.6 Å². The van der Waals surface area contributed by atoms with E-state index in [2.05, 4.69) is 50.8 Å². The summed E-state index contributed by atoms with van der Waals surface area (Å²) in [6, 6.07) is 6.64. The van der Waals surface area contributed by atoms with E-state index in [-0.39, 0.29) is 6.42 Å². The molecule has 0 radical (unpaired) electrons. The number of carboxylic acids is 1. The van der Waals surface area contributed by atoms with Crippen LogP contribution in [0.1, 0.15) is 37.0 Å². The lowest BCUT2D eigenvalue weighted by Gasteiger charge is -2.26. The average molecular weight is 249 g/mol. The molecule has 0 aliphatic heterocycles. The van der Waals surface area contributed by atoms with Crippen LogP contribution in [-0.2, 0) is 11.3 Å². The zero-order valence-electron chi connectivity index (χ0n) is 11.7. The largest absolute Gasteiger partial charge is 0.481 e. The minimum atomic E-state index is -0.735. The molecular weight excluding hydrogens is 226 g/mol. The normalized spacial score (nSPS) is 11.2. The standard InChI is InChI=1S/C15H23NO2/c1-11(2)16(9-8-15(17)18)10-14-7-5-6-12(3)13(14)4/h5-7,11H,8-10H2,1-4H3,(H,17,18). The Morgan fingerprint density at radius 2 is 2.00 bits per heavy atom. The molecule has 1 aromatic rings. The monoisotopic (exact) mass is 249 g/mol. The van der Waals surface area contributed by atoms with E-state index in [0.717, 1.165) is 6.54 Å². The number of nitrogens with zero attached hydrogens (tertiary/aromatic N) is 1. The van der Waals surface area contributed by atoms with Gasteiger partial charge in [-0.25, -0.2) is 0 Å².